The molecule has 3 aromatic carbocycles. The number of aliphatic hydroxyl groups is 1. The van der Waals surface area contributed by atoms with Gasteiger partial charge in [-0.2, -0.15) is 0 Å². The topological polar surface area (TPSA) is 93.6 Å². The highest BCUT2D eigenvalue weighted by atomic mass is 32.2. The molecule has 208 valence electrons. The van der Waals surface area contributed by atoms with Gasteiger partial charge < -0.3 is 19.9 Å². The summed E-state index contributed by atoms with van der Waals surface area (Å²) in [4.78, 5) is 11.5. The van der Waals surface area contributed by atoms with Gasteiger partial charge in [-0.1, -0.05) is 103 Å². The van der Waals surface area contributed by atoms with Crippen LogP contribution in [0.15, 0.2) is 77.1 Å². The van der Waals surface area contributed by atoms with Gasteiger partial charge in [-0.05, 0) is 34.7 Å². The van der Waals surface area contributed by atoms with Crippen LogP contribution in [0.25, 0.3) is 11.1 Å². The summed E-state index contributed by atoms with van der Waals surface area (Å²) in [6, 6.07) is 24.3. The molecule has 1 saturated heterocycles. The summed E-state index contributed by atoms with van der Waals surface area (Å²) >= 11 is 3.25. The van der Waals surface area contributed by atoms with Gasteiger partial charge in [0.05, 0.1) is 18.8 Å². The van der Waals surface area contributed by atoms with Crippen LogP contribution in [0.4, 0.5) is 0 Å². The van der Waals surface area contributed by atoms with E-state index in [0.717, 1.165) is 48.5 Å². The molecule has 4 atom stereocenters. The second-order valence-electron chi connectivity index (χ2n) is 9.91. The van der Waals surface area contributed by atoms with Crippen LogP contribution in [0.1, 0.15) is 53.5 Å². The number of ether oxygens (including phenoxy) is 2. The zero-order valence-corrected chi connectivity index (χ0v) is 24.4. The second kappa shape index (κ2) is 13.1. The zero-order chi connectivity index (χ0) is 28.1. The third-order valence-corrected chi connectivity index (χ3v) is 9.10. The van der Waals surface area contributed by atoms with Crippen molar-refractivity contribution >= 4 is 29.0 Å². The SMILES string of the molecule is CC(=O)NCc1ccccc1-c1ccc(C2OC(CSc3nnc(C)s3)C(C)C(c3ccc(CO)cc3)O2)cc1. The van der Waals surface area contributed by atoms with Crippen molar-refractivity contribution in [2.45, 2.75) is 56.8 Å². The van der Waals surface area contributed by atoms with Crippen LogP contribution >= 0.6 is 23.1 Å². The number of aliphatic hydroxyl groups excluding tert-OH is 1. The molecule has 2 heterocycles. The number of hydrogen-bond donors (Lipinski definition) is 2. The third kappa shape index (κ3) is 6.79. The average molecular weight is 576 g/mol. The van der Waals surface area contributed by atoms with E-state index in [1.54, 1.807) is 23.1 Å². The Kier molecular flexibility index (Phi) is 9.29. The first-order valence-corrected chi connectivity index (χ1v) is 15.1. The quantitative estimate of drug-likeness (QED) is 0.229. The van der Waals surface area contributed by atoms with Crippen LogP contribution in [0, 0.1) is 12.8 Å². The van der Waals surface area contributed by atoms with Gasteiger partial charge in [0.15, 0.2) is 10.6 Å². The van der Waals surface area contributed by atoms with E-state index in [2.05, 4.69) is 52.8 Å². The van der Waals surface area contributed by atoms with Crippen LogP contribution in [-0.4, -0.2) is 33.1 Å². The van der Waals surface area contributed by atoms with E-state index < -0.39 is 6.29 Å². The van der Waals surface area contributed by atoms with Crippen molar-refractivity contribution in [2.75, 3.05) is 5.75 Å². The van der Waals surface area contributed by atoms with E-state index >= 15 is 0 Å². The van der Waals surface area contributed by atoms with Crippen molar-refractivity contribution < 1.29 is 19.4 Å². The molecule has 0 spiro atoms. The van der Waals surface area contributed by atoms with Crippen molar-refractivity contribution in [1.29, 1.82) is 0 Å². The molecule has 7 nitrogen and oxygen atoms in total. The Morgan fingerprint density at radius 2 is 1.73 bits per heavy atom. The summed E-state index contributed by atoms with van der Waals surface area (Å²) in [5, 5.41) is 21.7. The molecule has 1 aliphatic heterocycles. The summed E-state index contributed by atoms with van der Waals surface area (Å²) in [5.41, 5.74) is 6.05. The molecule has 1 fully saturated rings. The van der Waals surface area contributed by atoms with Gasteiger partial charge in [-0.15, -0.1) is 10.2 Å². The average Bonchev–Trinajstić information content (AvgIpc) is 3.40. The fourth-order valence-corrected chi connectivity index (χ4v) is 6.80. The van der Waals surface area contributed by atoms with Crippen molar-refractivity contribution in [3.05, 3.63) is 100 Å². The minimum Gasteiger partial charge on any atom is -0.392 e. The lowest BCUT2D eigenvalue weighted by Crippen LogP contribution is -2.38. The summed E-state index contributed by atoms with van der Waals surface area (Å²) in [5.74, 6) is 0.772. The summed E-state index contributed by atoms with van der Waals surface area (Å²) in [6.07, 6.45) is -0.788. The molecule has 1 aliphatic rings. The van der Waals surface area contributed by atoms with E-state index in [1.807, 2.05) is 49.4 Å². The van der Waals surface area contributed by atoms with E-state index in [1.165, 1.54) is 6.92 Å². The minimum absolute atomic E-state index is 0.00785. The number of nitrogens with one attached hydrogen (secondary N) is 1. The second-order valence-corrected chi connectivity index (χ2v) is 12.4. The van der Waals surface area contributed by atoms with E-state index in [0.29, 0.717) is 6.54 Å². The van der Waals surface area contributed by atoms with Gasteiger partial charge in [0.2, 0.25) is 5.91 Å². The molecule has 5 rings (SSSR count). The normalized spacial score (nSPS) is 20.8. The van der Waals surface area contributed by atoms with E-state index in [9.17, 15) is 9.90 Å². The molecule has 2 N–H and O–H groups in total. The van der Waals surface area contributed by atoms with Crippen LogP contribution in [0.5, 0.6) is 0 Å². The van der Waals surface area contributed by atoms with Crippen molar-refractivity contribution in [1.82, 2.24) is 15.5 Å². The van der Waals surface area contributed by atoms with Crippen LogP contribution in [0.3, 0.4) is 0 Å². The van der Waals surface area contributed by atoms with E-state index in [-0.39, 0.29) is 30.6 Å². The lowest BCUT2D eigenvalue weighted by molar-refractivity contribution is -0.268. The first kappa shape index (κ1) is 28.4. The Bertz CT molecular complexity index is 1430. The molecule has 0 radical (unpaired) electrons. The van der Waals surface area contributed by atoms with Crippen LogP contribution in [0.2, 0.25) is 0 Å². The van der Waals surface area contributed by atoms with Crippen LogP contribution in [-0.2, 0) is 27.4 Å². The molecule has 1 amide bonds. The molecule has 0 bridgehead atoms. The largest absolute Gasteiger partial charge is 0.392 e. The summed E-state index contributed by atoms with van der Waals surface area (Å²) in [6.45, 7) is 6.13. The van der Waals surface area contributed by atoms with Crippen LogP contribution < -0.4 is 5.32 Å². The predicted molar refractivity (Wildman–Crippen MR) is 158 cm³/mol. The molecule has 1 aromatic heterocycles. The number of nitrogens with zero attached hydrogens (tertiary/aromatic N) is 2. The number of rotatable bonds is 9. The number of amides is 1. The lowest BCUT2D eigenvalue weighted by atomic mass is 9.91. The first-order valence-electron chi connectivity index (χ1n) is 13.3. The smallest absolute Gasteiger partial charge is 0.217 e. The highest BCUT2D eigenvalue weighted by Crippen LogP contribution is 2.43. The third-order valence-electron chi connectivity index (χ3n) is 7.04. The number of aromatic nitrogens is 2. The Morgan fingerprint density at radius 1 is 1.00 bits per heavy atom. The number of hydrogen-bond acceptors (Lipinski definition) is 8. The maximum Gasteiger partial charge on any atom is 0.217 e. The number of carbonyl (C=O) groups excluding carboxylic acids is 1. The Morgan fingerprint density at radius 3 is 2.40 bits per heavy atom. The van der Waals surface area contributed by atoms with Gasteiger partial charge in [0, 0.05) is 30.7 Å². The maximum absolute atomic E-state index is 11.5. The molecule has 4 unspecified atom stereocenters. The van der Waals surface area contributed by atoms with E-state index in [4.69, 9.17) is 9.47 Å². The van der Waals surface area contributed by atoms with Gasteiger partial charge in [0.25, 0.3) is 0 Å². The molecule has 9 heteroatoms. The molecule has 4 aromatic rings. The lowest BCUT2D eigenvalue weighted by Gasteiger charge is -2.41. The predicted octanol–water partition coefficient (Wildman–Crippen LogP) is 6.23. The van der Waals surface area contributed by atoms with Crippen molar-refractivity contribution in [3.8, 4) is 11.1 Å². The Labute approximate surface area is 243 Å². The molecular formula is C31H33N3O4S2. The molecule has 0 saturated carbocycles. The Balaban J connectivity index is 1.39. The maximum atomic E-state index is 11.5. The van der Waals surface area contributed by atoms with Crippen molar-refractivity contribution in [3.63, 3.8) is 0 Å². The summed E-state index contributed by atoms with van der Waals surface area (Å²) in [7, 11) is 0. The van der Waals surface area contributed by atoms with Crippen molar-refractivity contribution in [2.24, 2.45) is 5.92 Å². The first-order chi connectivity index (χ1) is 19.4. The fourth-order valence-electron chi connectivity index (χ4n) is 4.80. The highest BCUT2D eigenvalue weighted by Gasteiger charge is 2.38. The van der Waals surface area contributed by atoms with Gasteiger partial charge >= 0.3 is 0 Å². The minimum atomic E-state index is -0.538. The molecule has 0 aliphatic carbocycles. The molecular weight excluding hydrogens is 542 g/mol. The Hall–Kier alpha value is -3.08. The zero-order valence-electron chi connectivity index (χ0n) is 22.7. The number of aryl methyl sites for hydroxylation is 1. The van der Waals surface area contributed by atoms with Gasteiger partial charge in [-0.25, -0.2) is 0 Å². The number of benzene rings is 3. The standard InChI is InChI=1S/C31H33N3O4S2/c1-19-28(18-39-31-34-33-21(3)40-31)37-30(38-29(19)24-10-8-22(17-35)9-11-24)25-14-12-23(13-15-25)27-7-5-4-6-26(27)16-32-20(2)36/h4-15,19,28-30,35H,16-18H2,1-3H3,(H,32,36). The fraction of sp³-hybridized carbons (Fsp3) is 0.323. The number of carbonyl (C=O) groups is 1. The van der Waals surface area contributed by atoms with Gasteiger partial charge in [-0.3, -0.25) is 4.79 Å². The molecule has 40 heavy (non-hydrogen) atoms. The monoisotopic (exact) mass is 575 g/mol. The number of thioether (sulfide) groups is 1. The summed E-state index contributed by atoms with van der Waals surface area (Å²) < 4.78 is 14.1. The highest BCUT2D eigenvalue weighted by molar-refractivity contribution is 8.01. The van der Waals surface area contributed by atoms with Gasteiger partial charge in [0.1, 0.15) is 5.01 Å².